The summed E-state index contributed by atoms with van der Waals surface area (Å²) in [5, 5.41) is 18.6. The summed E-state index contributed by atoms with van der Waals surface area (Å²) in [5.41, 5.74) is 0.803. The van der Waals surface area contributed by atoms with Gasteiger partial charge < -0.3 is 14.7 Å². The molecule has 6 heteroatoms. The highest BCUT2D eigenvalue weighted by molar-refractivity contribution is 9.10. The van der Waals surface area contributed by atoms with Crippen LogP contribution in [0.25, 0.3) is 0 Å². The van der Waals surface area contributed by atoms with Gasteiger partial charge in [0, 0.05) is 16.1 Å². The van der Waals surface area contributed by atoms with Crippen molar-refractivity contribution in [3.63, 3.8) is 0 Å². The molecule has 1 aromatic carbocycles. The number of rotatable bonds is 4. The molecular formula is C16H21BrN2O3. The highest BCUT2D eigenvalue weighted by Crippen LogP contribution is 2.30. The quantitative estimate of drug-likeness (QED) is 0.869. The Morgan fingerprint density at radius 2 is 2.09 bits per heavy atom. The number of carboxylic acid groups (broad SMARTS) is 1. The lowest BCUT2D eigenvalue weighted by Crippen LogP contribution is -2.50. The van der Waals surface area contributed by atoms with E-state index >= 15 is 0 Å². The van der Waals surface area contributed by atoms with E-state index in [1.807, 2.05) is 27.7 Å². The van der Waals surface area contributed by atoms with Gasteiger partial charge in [0.2, 0.25) is 0 Å². The number of hydrogen-bond donors (Lipinski definition) is 1. The van der Waals surface area contributed by atoms with Crippen LogP contribution in [-0.2, 0) is 6.42 Å². The second kappa shape index (κ2) is 7.01. The molecule has 0 fully saturated rings. The van der Waals surface area contributed by atoms with Crippen molar-refractivity contribution in [2.24, 2.45) is 0 Å². The van der Waals surface area contributed by atoms with Gasteiger partial charge in [-0.05, 0) is 67.7 Å². The Kier molecular flexibility index (Phi) is 5.84. The number of carbonyl (C=O) groups is 1. The first-order valence-electron chi connectivity index (χ1n) is 6.90. The van der Waals surface area contributed by atoms with Gasteiger partial charge in [-0.15, -0.1) is 0 Å². The van der Waals surface area contributed by atoms with Gasteiger partial charge in [-0.3, -0.25) is 0 Å². The highest BCUT2D eigenvalue weighted by atomic mass is 79.9. The topological polar surface area (TPSA) is 73.6 Å². The van der Waals surface area contributed by atoms with E-state index in [1.54, 1.807) is 19.2 Å². The van der Waals surface area contributed by atoms with Gasteiger partial charge >= 0.3 is 6.09 Å². The van der Waals surface area contributed by atoms with Crippen molar-refractivity contribution in [3.8, 4) is 11.8 Å². The predicted molar refractivity (Wildman–Crippen MR) is 88.2 cm³/mol. The molecule has 5 nitrogen and oxygen atoms in total. The van der Waals surface area contributed by atoms with E-state index in [2.05, 4.69) is 22.0 Å². The molecular weight excluding hydrogens is 348 g/mol. The van der Waals surface area contributed by atoms with Crippen LogP contribution in [0.2, 0.25) is 0 Å². The van der Waals surface area contributed by atoms with Gasteiger partial charge in [0.25, 0.3) is 0 Å². The molecule has 1 unspecified atom stereocenters. The fourth-order valence-electron chi connectivity index (χ4n) is 2.58. The smallest absolute Gasteiger partial charge is 0.407 e. The average molecular weight is 369 g/mol. The SMILES string of the molecule is COc1cc(Br)c(C#N)cc1CC(C)N(C(=O)O)C(C)(C)C. The average Bonchev–Trinajstić information content (AvgIpc) is 2.37. The summed E-state index contributed by atoms with van der Waals surface area (Å²) < 4.78 is 6.01. The van der Waals surface area contributed by atoms with Crippen molar-refractivity contribution in [2.75, 3.05) is 7.11 Å². The summed E-state index contributed by atoms with van der Waals surface area (Å²) in [7, 11) is 1.56. The number of methoxy groups -OCH3 is 1. The summed E-state index contributed by atoms with van der Waals surface area (Å²) in [6.07, 6.45) is -0.495. The van der Waals surface area contributed by atoms with Gasteiger partial charge in [-0.2, -0.15) is 5.26 Å². The molecule has 120 valence electrons. The van der Waals surface area contributed by atoms with Crippen molar-refractivity contribution >= 4 is 22.0 Å². The third-order valence-corrected chi connectivity index (χ3v) is 4.03. The molecule has 0 aromatic heterocycles. The van der Waals surface area contributed by atoms with Crippen LogP contribution in [0, 0.1) is 11.3 Å². The normalized spacial score (nSPS) is 12.4. The fourth-order valence-corrected chi connectivity index (χ4v) is 2.99. The summed E-state index contributed by atoms with van der Waals surface area (Å²) in [6, 6.07) is 5.34. The van der Waals surface area contributed by atoms with Crippen LogP contribution in [0.15, 0.2) is 16.6 Å². The molecule has 0 aliphatic carbocycles. The van der Waals surface area contributed by atoms with E-state index in [1.165, 1.54) is 4.90 Å². The van der Waals surface area contributed by atoms with Crippen molar-refractivity contribution in [3.05, 3.63) is 27.7 Å². The Bertz CT molecular complexity index is 603. The van der Waals surface area contributed by atoms with Gasteiger partial charge in [-0.25, -0.2) is 4.79 Å². The first-order chi connectivity index (χ1) is 10.1. The molecule has 1 amide bonds. The summed E-state index contributed by atoms with van der Waals surface area (Å²) >= 11 is 3.33. The molecule has 0 bridgehead atoms. The summed E-state index contributed by atoms with van der Waals surface area (Å²) in [4.78, 5) is 13.0. The zero-order chi connectivity index (χ0) is 17.1. The maximum absolute atomic E-state index is 11.5. The Hall–Kier alpha value is -1.74. The van der Waals surface area contributed by atoms with Crippen LogP contribution in [0.5, 0.6) is 5.75 Å². The molecule has 1 N–H and O–H groups in total. The molecule has 1 atom stereocenters. The highest BCUT2D eigenvalue weighted by Gasteiger charge is 2.31. The number of amides is 1. The second-order valence-electron chi connectivity index (χ2n) is 6.13. The molecule has 1 rings (SSSR count). The molecule has 0 radical (unpaired) electrons. The van der Waals surface area contributed by atoms with Gasteiger partial charge in [0.1, 0.15) is 11.8 Å². The fraction of sp³-hybridized carbons (Fsp3) is 0.500. The van der Waals surface area contributed by atoms with Crippen molar-refractivity contribution in [2.45, 2.75) is 45.7 Å². The van der Waals surface area contributed by atoms with E-state index in [9.17, 15) is 9.90 Å². The largest absolute Gasteiger partial charge is 0.496 e. The Balaban J connectivity index is 3.18. The van der Waals surface area contributed by atoms with Crippen molar-refractivity contribution < 1.29 is 14.6 Å². The van der Waals surface area contributed by atoms with Crippen molar-refractivity contribution in [1.29, 1.82) is 5.26 Å². The minimum Gasteiger partial charge on any atom is -0.496 e. The van der Waals surface area contributed by atoms with Crippen LogP contribution >= 0.6 is 15.9 Å². The minimum absolute atomic E-state index is 0.251. The van der Waals surface area contributed by atoms with E-state index in [4.69, 9.17) is 10.00 Å². The maximum Gasteiger partial charge on any atom is 0.407 e. The molecule has 0 spiro atoms. The summed E-state index contributed by atoms with van der Waals surface area (Å²) in [6.45, 7) is 7.43. The second-order valence-corrected chi connectivity index (χ2v) is 6.99. The monoisotopic (exact) mass is 368 g/mol. The third-order valence-electron chi connectivity index (χ3n) is 3.38. The van der Waals surface area contributed by atoms with E-state index in [-0.39, 0.29) is 6.04 Å². The van der Waals surface area contributed by atoms with Gasteiger partial charge in [-0.1, -0.05) is 0 Å². The molecule has 0 saturated heterocycles. The first-order valence-corrected chi connectivity index (χ1v) is 7.69. The molecule has 0 saturated carbocycles. The Morgan fingerprint density at radius 1 is 1.50 bits per heavy atom. The molecule has 1 aromatic rings. The van der Waals surface area contributed by atoms with E-state index in [0.29, 0.717) is 22.2 Å². The molecule has 0 aliphatic rings. The predicted octanol–water partition coefficient (Wildman–Crippen LogP) is 4.04. The van der Waals surface area contributed by atoms with Gasteiger partial charge in [0.15, 0.2) is 0 Å². The number of nitriles is 1. The number of benzene rings is 1. The standard InChI is InChI=1S/C16H21BrN2O3/c1-10(19(15(20)21)16(2,3)4)6-11-7-12(9-18)13(17)8-14(11)22-5/h7-8,10H,6H2,1-5H3,(H,20,21). The lowest BCUT2D eigenvalue weighted by molar-refractivity contribution is 0.0754. The van der Waals surface area contributed by atoms with Crippen LogP contribution < -0.4 is 4.74 Å². The zero-order valence-corrected chi connectivity index (χ0v) is 15.1. The molecule has 0 aliphatic heterocycles. The minimum atomic E-state index is -0.961. The number of ether oxygens (including phenoxy) is 1. The maximum atomic E-state index is 11.5. The number of nitrogens with zero attached hydrogens (tertiary/aromatic N) is 2. The lowest BCUT2D eigenvalue weighted by Gasteiger charge is -2.38. The number of hydrogen-bond acceptors (Lipinski definition) is 3. The number of halogens is 1. The Labute approximate surface area is 139 Å². The Morgan fingerprint density at radius 3 is 2.50 bits per heavy atom. The van der Waals surface area contributed by atoms with E-state index < -0.39 is 11.6 Å². The van der Waals surface area contributed by atoms with Gasteiger partial charge in [0.05, 0.1) is 12.7 Å². The van der Waals surface area contributed by atoms with Crippen LogP contribution in [0.3, 0.4) is 0 Å². The summed E-state index contributed by atoms with van der Waals surface area (Å²) in [5.74, 6) is 0.636. The van der Waals surface area contributed by atoms with Crippen LogP contribution in [0.4, 0.5) is 4.79 Å². The third kappa shape index (κ3) is 4.14. The molecule has 0 heterocycles. The van der Waals surface area contributed by atoms with E-state index in [0.717, 1.165) is 5.56 Å². The molecule has 22 heavy (non-hydrogen) atoms. The van der Waals surface area contributed by atoms with Crippen molar-refractivity contribution in [1.82, 2.24) is 4.90 Å². The van der Waals surface area contributed by atoms with Crippen LogP contribution in [-0.4, -0.2) is 34.8 Å². The lowest BCUT2D eigenvalue weighted by atomic mass is 9.98. The zero-order valence-electron chi connectivity index (χ0n) is 13.5. The van der Waals surface area contributed by atoms with Crippen LogP contribution in [0.1, 0.15) is 38.8 Å². The first kappa shape index (κ1) is 18.3.